The highest BCUT2D eigenvalue weighted by Crippen LogP contribution is 2.37. The van der Waals surface area contributed by atoms with Crippen LogP contribution in [0.5, 0.6) is 0 Å². The number of aryl methyl sites for hydroxylation is 1. The van der Waals surface area contributed by atoms with E-state index in [4.69, 9.17) is 9.47 Å². The Kier molecular flexibility index (Phi) is 5.41. The van der Waals surface area contributed by atoms with Crippen molar-refractivity contribution in [2.24, 2.45) is 0 Å². The van der Waals surface area contributed by atoms with Gasteiger partial charge in [0.2, 0.25) is 0 Å². The van der Waals surface area contributed by atoms with E-state index < -0.39 is 0 Å². The van der Waals surface area contributed by atoms with Crippen LogP contribution < -0.4 is 0 Å². The molecule has 0 unspecified atom stereocenters. The van der Waals surface area contributed by atoms with Crippen LogP contribution >= 0.6 is 0 Å². The maximum atomic E-state index is 6.69. The number of nitrogens with zero attached hydrogens (tertiary/aromatic N) is 4. The number of aromatic nitrogens is 2. The SMILES string of the molecule is CCn1cc(CN2CC[C@]3(CCC[C@@H](CN4CCOCC4)O3)C2)cn1. The van der Waals surface area contributed by atoms with E-state index >= 15 is 0 Å². The second-order valence-electron chi connectivity index (χ2n) is 7.89. The molecule has 6 nitrogen and oxygen atoms in total. The van der Waals surface area contributed by atoms with Crippen LogP contribution in [0.25, 0.3) is 0 Å². The molecule has 1 spiro atoms. The first-order valence-electron chi connectivity index (χ1n) is 9.96. The molecule has 0 radical (unpaired) electrons. The first-order chi connectivity index (χ1) is 12.2. The van der Waals surface area contributed by atoms with Crippen LogP contribution in [0, 0.1) is 0 Å². The second kappa shape index (κ2) is 7.74. The summed E-state index contributed by atoms with van der Waals surface area (Å²) in [6.45, 7) is 11.2. The van der Waals surface area contributed by atoms with Gasteiger partial charge in [0.1, 0.15) is 0 Å². The van der Waals surface area contributed by atoms with Crippen molar-refractivity contribution in [3.63, 3.8) is 0 Å². The molecule has 0 bridgehead atoms. The zero-order valence-electron chi connectivity index (χ0n) is 15.5. The van der Waals surface area contributed by atoms with Crippen LogP contribution in [0.15, 0.2) is 12.4 Å². The molecule has 3 saturated heterocycles. The summed E-state index contributed by atoms with van der Waals surface area (Å²) in [5.74, 6) is 0. The van der Waals surface area contributed by atoms with E-state index in [1.54, 1.807) is 0 Å². The summed E-state index contributed by atoms with van der Waals surface area (Å²) in [6, 6.07) is 0. The van der Waals surface area contributed by atoms with Crippen LogP contribution in [-0.4, -0.2) is 77.2 Å². The van der Waals surface area contributed by atoms with Crippen molar-refractivity contribution in [1.82, 2.24) is 19.6 Å². The molecule has 3 aliphatic rings. The van der Waals surface area contributed by atoms with Crippen LogP contribution in [-0.2, 0) is 22.6 Å². The van der Waals surface area contributed by atoms with Crippen molar-refractivity contribution in [3.8, 4) is 0 Å². The summed E-state index contributed by atoms with van der Waals surface area (Å²) in [5, 5.41) is 4.40. The number of hydrogen-bond acceptors (Lipinski definition) is 5. The highest BCUT2D eigenvalue weighted by molar-refractivity contribution is 5.06. The van der Waals surface area contributed by atoms with Crippen LogP contribution in [0.2, 0.25) is 0 Å². The third-order valence-corrected chi connectivity index (χ3v) is 5.95. The largest absolute Gasteiger partial charge is 0.379 e. The highest BCUT2D eigenvalue weighted by atomic mass is 16.5. The molecule has 4 rings (SSSR count). The van der Waals surface area contributed by atoms with E-state index in [0.29, 0.717) is 6.10 Å². The Hall–Kier alpha value is -0.950. The molecule has 0 N–H and O–H groups in total. The molecule has 0 aliphatic carbocycles. The Balaban J connectivity index is 1.30. The van der Waals surface area contributed by atoms with E-state index in [9.17, 15) is 0 Å². The van der Waals surface area contributed by atoms with E-state index in [-0.39, 0.29) is 5.60 Å². The molecule has 25 heavy (non-hydrogen) atoms. The number of likely N-dealkylation sites (tertiary alicyclic amines) is 1. The van der Waals surface area contributed by atoms with Gasteiger partial charge in [-0.1, -0.05) is 0 Å². The number of rotatable bonds is 5. The number of hydrogen-bond donors (Lipinski definition) is 0. The van der Waals surface area contributed by atoms with Crippen molar-refractivity contribution >= 4 is 0 Å². The zero-order valence-corrected chi connectivity index (χ0v) is 15.5. The normalized spacial score (nSPS) is 31.8. The summed E-state index contributed by atoms with van der Waals surface area (Å²) in [4.78, 5) is 5.06. The topological polar surface area (TPSA) is 42.8 Å². The van der Waals surface area contributed by atoms with Gasteiger partial charge in [-0.05, 0) is 32.6 Å². The van der Waals surface area contributed by atoms with Gasteiger partial charge < -0.3 is 9.47 Å². The average Bonchev–Trinajstić information content (AvgIpc) is 3.23. The van der Waals surface area contributed by atoms with E-state index in [0.717, 1.165) is 59.0 Å². The third-order valence-electron chi connectivity index (χ3n) is 5.95. The highest BCUT2D eigenvalue weighted by Gasteiger charge is 2.43. The van der Waals surface area contributed by atoms with Crippen LogP contribution in [0.3, 0.4) is 0 Å². The molecule has 3 aliphatic heterocycles. The van der Waals surface area contributed by atoms with Crippen LogP contribution in [0.4, 0.5) is 0 Å². The molecular formula is C19H32N4O2. The summed E-state index contributed by atoms with van der Waals surface area (Å²) < 4.78 is 14.2. The number of morpholine rings is 1. The lowest BCUT2D eigenvalue weighted by Gasteiger charge is -2.41. The molecule has 4 heterocycles. The molecule has 1 aromatic heterocycles. The minimum Gasteiger partial charge on any atom is -0.379 e. The predicted octanol–water partition coefficient (Wildman–Crippen LogP) is 1.75. The first-order valence-corrected chi connectivity index (χ1v) is 9.96. The lowest BCUT2D eigenvalue weighted by atomic mass is 9.90. The summed E-state index contributed by atoms with van der Waals surface area (Å²) in [5.41, 5.74) is 1.41. The molecule has 0 aromatic carbocycles. The van der Waals surface area contributed by atoms with Gasteiger partial charge in [-0.3, -0.25) is 14.5 Å². The fraction of sp³-hybridized carbons (Fsp3) is 0.842. The van der Waals surface area contributed by atoms with E-state index in [2.05, 4.69) is 28.0 Å². The quantitative estimate of drug-likeness (QED) is 0.811. The average molecular weight is 348 g/mol. The Morgan fingerprint density at radius 1 is 1.20 bits per heavy atom. The van der Waals surface area contributed by atoms with Gasteiger partial charge in [-0.15, -0.1) is 0 Å². The van der Waals surface area contributed by atoms with Gasteiger partial charge in [-0.25, -0.2) is 0 Å². The summed E-state index contributed by atoms with van der Waals surface area (Å²) in [7, 11) is 0. The minimum atomic E-state index is 0.0932. The fourth-order valence-corrected chi connectivity index (χ4v) is 4.61. The molecule has 3 fully saturated rings. The number of ether oxygens (including phenoxy) is 2. The lowest BCUT2D eigenvalue weighted by Crippen LogP contribution is -2.48. The fourth-order valence-electron chi connectivity index (χ4n) is 4.61. The maximum absolute atomic E-state index is 6.69. The van der Waals surface area contributed by atoms with Crippen molar-refractivity contribution in [2.75, 3.05) is 45.9 Å². The molecule has 6 heteroatoms. The first kappa shape index (κ1) is 17.5. The van der Waals surface area contributed by atoms with Gasteiger partial charge >= 0.3 is 0 Å². The van der Waals surface area contributed by atoms with Gasteiger partial charge in [0, 0.05) is 57.6 Å². The Labute approximate surface area is 151 Å². The van der Waals surface area contributed by atoms with E-state index in [1.807, 2.05) is 10.9 Å². The third kappa shape index (κ3) is 4.25. The Morgan fingerprint density at radius 3 is 2.88 bits per heavy atom. The smallest absolute Gasteiger partial charge is 0.0825 e. The minimum absolute atomic E-state index is 0.0932. The Morgan fingerprint density at radius 2 is 2.08 bits per heavy atom. The van der Waals surface area contributed by atoms with Crippen molar-refractivity contribution in [2.45, 2.75) is 57.4 Å². The molecule has 1 aromatic rings. The molecule has 0 amide bonds. The summed E-state index contributed by atoms with van der Waals surface area (Å²) in [6.07, 6.45) is 9.49. The van der Waals surface area contributed by atoms with Crippen molar-refractivity contribution in [3.05, 3.63) is 18.0 Å². The van der Waals surface area contributed by atoms with Crippen molar-refractivity contribution < 1.29 is 9.47 Å². The van der Waals surface area contributed by atoms with Gasteiger partial charge in [0.25, 0.3) is 0 Å². The van der Waals surface area contributed by atoms with Crippen molar-refractivity contribution in [1.29, 1.82) is 0 Å². The molecular weight excluding hydrogens is 316 g/mol. The Bertz CT molecular complexity index is 557. The second-order valence-corrected chi connectivity index (χ2v) is 7.89. The van der Waals surface area contributed by atoms with Gasteiger partial charge in [0.15, 0.2) is 0 Å². The summed E-state index contributed by atoms with van der Waals surface area (Å²) >= 11 is 0. The molecule has 0 saturated carbocycles. The van der Waals surface area contributed by atoms with Crippen LogP contribution in [0.1, 0.15) is 38.2 Å². The lowest BCUT2D eigenvalue weighted by molar-refractivity contribution is -0.132. The monoisotopic (exact) mass is 348 g/mol. The standard InChI is InChI=1S/C19H32N4O2/c1-2-23-14-17(12-20-23)13-22-7-6-19(16-22)5-3-4-18(25-19)15-21-8-10-24-11-9-21/h12,14,18H,2-11,13,15-16H2,1H3/t18-,19+/m0/s1. The van der Waals surface area contributed by atoms with Gasteiger partial charge in [-0.2, -0.15) is 5.10 Å². The maximum Gasteiger partial charge on any atom is 0.0825 e. The predicted molar refractivity (Wildman–Crippen MR) is 96.5 cm³/mol. The van der Waals surface area contributed by atoms with E-state index in [1.165, 1.54) is 31.2 Å². The zero-order chi connectivity index (χ0) is 17.1. The van der Waals surface area contributed by atoms with Gasteiger partial charge in [0.05, 0.1) is 31.1 Å². The molecule has 2 atom stereocenters. The molecule has 140 valence electrons.